The summed E-state index contributed by atoms with van der Waals surface area (Å²) in [7, 11) is 0. The Labute approximate surface area is 97.5 Å². The molecule has 1 aliphatic carbocycles. The minimum Gasteiger partial charge on any atom is -0.358 e. The van der Waals surface area contributed by atoms with Gasteiger partial charge in [-0.2, -0.15) is 0 Å². The molecule has 92 valence electrons. The summed E-state index contributed by atoms with van der Waals surface area (Å²) in [5, 5.41) is 13.1. The summed E-state index contributed by atoms with van der Waals surface area (Å²) in [5.41, 5.74) is 6.01. The highest BCUT2D eigenvalue weighted by molar-refractivity contribution is 5.92. The number of rotatable bonds is 5. The van der Waals surface area contributed by atoms with Gasteiger partial charge in [-0.05, 0) is 29.7 Å². The van der Waals surface area contributed by atoms with Crippen LogP contribution < -0.4 is 11.1 Å². The monoisotopic (exact) mass is 238 g/mol. The van der Waals surface area contributed by atoms with Crippen molar-refractivity contribution in [3.05, 3.63) is 27.9 Å². The van der Waals surface area contributed by atoms with Gasteiger partial charge in [0.1, 0.15) is 0 Å². The molecule has 1 saturated carbocycles. The molecule has 4 N–H and O–H groups in total. The number of amides is 1. The van der Waals surface area contributed by atoms with E-state index in [9.17, 15) is 14.9 Å². The highest BCUT2D eigenvalue weighted by atomic mass is 16.6. The van der Waals surface area contributed by atoms with Crippen molar-refractivity contribution in [1.29, 1.82) is 0 Å². The average Bonchev–Trinajstić information content (AvgIpc) is 3.02. The maximum atomic E-state index is 11.6. The first-order valence-corrected chi connectivity index (χ1v) is 5.45. The molecule has 7 heteroatoms. The van der Waals surface area contributed by atoms with Crippen molar-refractivity contribution in [2.75, 3.05) is 6.54 Å². The first-order chi connectivity index (χ1) is 8.08. The van der Waals surface area contributed by atoms with E-state index in [1.54, 1.807) is 0 Å². The number of aromatic amines is 1. The number of carbonyl (C=O) groups is 1. The van der Waals surface area contributed by atoms with Crippen LogP contribution in [0.3, 0.4) is 0 Å². The summed E-state index contributed by atoms with van der Waals surface area (Å²) in [6.07, 6.45) is 2.23. The van der Waals surface area contributed by atoms with E-state index in [1.165, 1.54) is 12.1 Å². The van der Waals surface area contributed by atoms with Gasteiger partial charge < -0.3 is 21.2 Å². The van der Waals surface area contributed by atoms with Gasteiger partial charge in [0, 0.05) is 18.7 Å². The second-order valence-electron chi connectivity index (χ2n) is 4.23. The van der Waals surface area contributed by atoms with E-state index in [-0.39, 0.29) is 23.5 Å². The lowest BCUT2D eigenvalue weighted by molar-refractivity contribution is -0.389. The lowest BCUT2D eigenvalue weighted by atomic mass is 10.2. The maximum absolute atomic E-state index is 11.6. The van der Waals surface area contributed by atoms with Crippen molar-refractivity contribution < 1.29 is 9.72 Å². The third kappa shape index (κ3) is 2.82. The number of nitro groups is 1. The van der Waals surface area contributed by atoms with Gasteiger partial charge in [-0.15, -0.1) is 0 Å². The fourth-order valence-corrected chi connectivity index (χ4v) is 1.62. The summed E-state index contributed by atoms with van der Waals surface area (Å²) in [6.45, 7) is 0.399. The van der Waals surface area contributed by atoms with Crippen molar-refractivity contribution in [2.24, 2.45) is 11.7 Å². The Kier molecular flexibility index (Phi) is 3.10. The standard InChI is InChI=1S/C10H14N4O3/c11-7(6-1-2-6)5-12-10(15)8-3-4-9(13-8)14(16)17/h3-4,6-7,13H,1-2,5,11H2,(H,12,15). The molecule has 1 fully saturated rings. The molecule has 0 radical (unpaired) electrons. The van der Waals surface area contributed by atoms with Gasteiger partial charge in [-0.1, -0.05) is 0 Å². The molecule has 0 aromatic carbocycles. The number of aromatic nitrogens is 1. The van der Waals surface area contributed by atoms with Gasteiger partial charge in [-0.25, -0.2) is 4.98 Å². The summed E-state index contributed by atoms with van der Waals surface area (Å²) < 4.78 is 0. The van der Waals surface area contributed by atoms with Crippen LogP contribution in [-0.2, 0) is 0 Å². The third-order valence-electron chi connectivity index (χ3n) is 2.84. The van der Waals surface area contributed by atoms with Crippen molar-refractivity contribution in [1.82, 2.24) is 10.3 Å². The minimum absolute atomic E-state index is 0.0242. The zero-order chi connectivity index (χ0) is 12.4. The molecule has 1 unspecified atom stereocenters. The summed E-state index contributed by atoms with van der Waals surface area (Å²) in [4.78, 5) is 23.9. The Morgan fingerprint density at radius 2 is 2.35 bits per heavy atom. The van der Waals surface area contributed by atoms with Gasteiger partial charge in [0.05, 0.1) is 0 Å². The molecule has 0 saturated heterocycles. The van der Waals surface area contributed by atoms with E-state index in [0.29, 0.717) is 12.5 Å². The van der Waals surface area contributed by atoms with Crippen LogP contribution in [0.5, 0.6) is 0 Å². The summed E-state index contributed by atoms with van der Waals surface area (Å²) in [5.74, 6) is -0.0517. The highest BCUT2D eigenvalue weighted by Crippen LogP contribution is 2.31. The molecule has 1 atom stereocenters. The van der Waals surface area contributed by atoms with E-state index in [1.807, 2.05) is 0 Å². The van der Waals surface area contributed by atoms with Crippen LogP contribution in [0.4, 0.5) is 5.82 Å². The first-order valence-electron chi connectivity index (χ1n) is 5.45. The SMILES string of the molecule is NC(CNC(=O)c1ccc([N+](=O)[O-])[nH]1)C1CC1. The molecule has 1 aromatic heterocycles. The lowest BCUT2D eigenvalue weighted by Crippen LogP contribution is -2.38. The fourth-order valence-electron chi connectivity index (χ4n) is 1.62. The Morgan fingerprint density at radius 3 is 2.88 bits per heavy atom. The van der Waals surface area contributed by atoms with Crippen LogP contribution in [0.2, 0.25) is 0 Å². The van der Waals surface area contributed by atoms with Crippen molar-refractivity contribution in [3.63, 3.8) is 0 Å². The number of nitrogens with zero attached hydrogens (tertiary/aromatic N) is 1. The van der Waals surface area contributed by atoms with Crippen LogP contribution in [0.25, 0.3) is 0 Å². The molecule has 0 spiro atoms. The van der Waals surface area contributed by atoms with Crippen LogP contribution in [0.15, 0.2) is 12.1 Å². The number of nitrogens with one attached hydrogen (secondary N) is 2. The Bertz CT molecular complexity index is 439. The molecule has 1 heterocycles. The van der Waals surface area contributed by atoms with E-state index < -0.39 is 4.92 Å². The molecule has 0 bridgehead atoms. The first kappa shape index (κ1) is 11.6. The second kappa shape index (κ2) is 4.54. The Balaban J connectivity index is 1.87. The zero-order valence-electron chi connectivity index (χ0n) is 9.18. The van der Waals surface area contributed by atoms with Crippen molar-refractivity contribution in [2.45, 2.75) is 18.9 Å². The predicted molar refractivity (Wildman–Crippen MR) is 60.5 cm³/mol. The second-order valence-corrected chi connectivity index (χ2v) is 4.23. The molecule has 17 heavy (non-hydrogen) atoms. The van der Waals surface area contributed by atoms with E-state index in [4.69, 9.17) is 5.73 Å². The zero-order valence-corrected chi connectivity index (χ0v) is 9.18. The molecule has 7 nitrogen and oxygen atoms in total. The van der Waals surface area contributed by atoms with Crippen LogP contribution in [0.1, 0.15) is 23.3 Å². The largest absolute Gasteiger partial charge is 0.358 e. The molecule has 0 aliphatic heterocycles. The quantitative estimate of drug-likeness (QED) is 0.508. The molecular weight excluding hydrogens is 224 g/mol. The van der Waals surface area contributed by atoms with Gasteiger partial charge in [0.25, 0.3) is 5.91 Å². The maximum Gasteiger partial charge on any atom is 0.321 e. The Morgan fingerprint density at radius 1 is 1.65 bits per heavy atom. The average molecular weight is 238 g/mol. The van der Waals surface area contributed by atoms with Gasteiger partial charge >= 0.3 is 5.82 Å². The topological polar surface area (TPSA) is 114 Å². The number of hydrogen-bond donors (Lipinski definition) is 3. The number of H-pyrrole nitrogens is 1. The van der Waals surface area contributed by atoms with E-state index >= 15 is 0 Å². The third-order valence-corrected chi connectivity index (χ3v) is 2.84. The van der Waals surface area contributed by atoms with E-state index in [2.05, 4.69) is 10.3 Å². The van der Waals surface area contributed by atoms with Crippen LogP contribution in [0, 0.1) is 16.0 Å². The van der Waals surface area contributed by atoms with E-state index in [0.717, 1.165) is 12.8 Å². The number of nitrogens with two attached hydrogens (primary N) is 1. The molecular formula is C10H14N4O3. The van der Waals surface area contributed by atoms with Crippen molar-refractivity contribution in [3.8, 4) is 0 Å². The minimum atomic E-state index is -0.577. The molecule has 1 aliphatic rings. The molecule has 1 aromatic rings. The van der Waals surface area contributed by atoms with Crippen LogP contribution >= 0.6 is 0 Å². The van der Waals surface area contributed by atoms with Gasteiger partial charge in [-0.3, -0.25) is 4.79 Å². The van der Waals surface area contributed by atoms with Gasteiger partial charge in [0.15, 0.2) is 5.69 Å². The molecule has 2 rings (SSSR count). The van der Waals surface area contributed by atoms with Crippen LogP contribution in [-0.4, -0.2) is 28.4 Å². The fraction of sp³-hybridized carbons (Fsp3) is 0.500. The normalized spacial score (nSPS) is 16.5. The molecule has 1 amide bonds. The lowest BCUT2D eigenvalue weighted by Gasteiger charge is -2.09. The smallest absolute Gasteiger partial charge is 0.321 e. The summed E-state index contributed by atoms with van der Waals surface area (Å²) in [6, 6.07) is 2.62. The summed E-state index contributed by atoms with van der Waals surface area (Å²) >= 11 is 0. The number of carbonyl (C=O) groups excluding carboxylic acids is 1. The van der Waals surface area contributed by atoms with Crippen molar-refractivity contribution >= 4 is 11.7 Å². The Hall–Kier alpha value is -1.89. The highest BCUT2D eigenvalue weighted by Gasteiger charge is 2.28. The number of hydrogen-bond acceptors (Lipinski definition) is 4. The van der Waals surface area contributed by atoms with Gasteiger partial charge in [0.2, 0.25) is 0 Å². The predicted octanol–water partition coefficient (Wildman–Crippen LogP) is 0.390.